The molecule has 1 aromatic carbocycles. The van der Waals surface area contributed by atoms with E-state index in [-0.39, 0.29) is 12.5 Å². The Kier molecular flexibility index (Phi) is 12.2. The lowest BCUT2D eigenvalue weighted by Crippen LogP contribution is -2.16. The normalized spacial score (nSPS) is 9.36. The zero-order valence-corrected chi connectivity index (χ0v) is 14.5. The van der Waals surface area contributed by atoms with Crippen LogP contribution in [0.1, 0.15) is 35.2 Å². The highest BCUT2D eigenvalue weighted by Gasteiger charge is 2.07. The molecule has 0 bridgehead atoms. The molecule has 0 fully saturated rings. The number of carbonyl (C=O) groups excluding carboxylic acids is 3. The van der Waals surface area contributed by atoms with Crippen LogP contribution in [0, 0.1) is 0 Å². The van der Waals surface area contributed by atoms with Crippen molar-refractivity contribution in [2.45, 2.75) is 25.8 Å². The van der Waals surface area contributed by atoms with Gasteiger partial charge >= 0.3 is 5.97 Å². The summed E-state index contributed by atoms with van der Waals surface area (Å²) in [5.41, 5.74) is 2.01. The lowest BCUT2D eigenvalue weighted by molar-refractivity contribution is -0.135. The SMILES string of the molecule is CNC(=O)CCCC=O.CNCc1c(C=O)cccc1NCC(=O)O. The van der Waals surface area contributed by atoms with E-state index < -0.39 is 5.97 Å². The van der Waals surface area contributed by atoms with Crippen molar-refractivity contribution in [3.63, 3.8) is 0 Å². The first-order valence-electron chi connectivity index (χ1n) is 7.81. The lowest BCUT2D eigenvalue weighted by atomic mass is 10.1. The second-order valence-electron chi connectivity index (χ2n) is 5.00. The van der Waals surface area contributed by atoms with Crippen LogP contribution in [0.25, 0.3) is 0 Å². The van der Waals surface area contributed by atoms with Crippen LogP contribution >= 0.6 is 0 Å². The quantitative estimate of drug-likeness (QED) is 0.363. The summed E-state index contributed by atoms with van der Waals surface area (Å²) in [7, 11) is 3.35. The number of carbonyl (C=O) groups is 4. The van der Waals surface area contributed by atoms with Crippen molar-refractivity contribution < 1.29 is 24.3 Å². The average molecular weight is 351 g/mol. The number of hydrogen-bond acceptors (Lipinski definition) is 6. The zero-order valence-electron chi connectivity index (χ0n) is 14.5. The highest BCUT2D eigenvalue weighted by molar-refractivity contribution is 5.82. The Balaban J connectivity index is 0.000000547. The van der Waals surface area contributed by atoms with E-state index in [9.17, 15) is 19.2 Å². The molecule has 0 atom stereocenters. The summed E-state index contributed by atoms with van der Waals surface area (Å²) in [6.45, 7) is 0.343. The van der Waals surface area contributed by atoms with Crippen molar-refractivity contribution in [2.24, 2.45) is 0 Å². The molecule has 0 spiro atoms. The molecular weight excluding hydrogens is 326 g/mol. The fraction of sp³-hybridized carbons (Fsp3) is 0.412. The molecule has 0 aliphatic heterocycles. The number of carboxylic acids is 1. The van der Waals surface area contributed by atoms with E-state index in [0.717, 1.165) is 18.1 Å². The molecule has 4 N–H and O–H groups in total. The molecule has 1 aromatic rings. The minimum atomic E-state index is -0.938. The van der Waals surface area contributed by atoms with Crippen LogP contribution in [-0.4, -0.2) is 50.2 Å². The molecule has 0 aliphatic carbocycles. The molecule has 0 unspecified atom stereocenters. The number of aldehydes is 2. The van der Waals surface area contributed by atoms with Crippen LogP contribution in [0.15, 0.2) is 18.2 Å². The van der Waals surface area contributed by atoms with Crippen LogP contribution in [0.5, 0.6) is 0 Å². The first-order chi connectivity index (χ1) is 12.0. The van der Waals surface area contributed by atoms with Gasteiger partial charge in [-0.25, -0.2) is 0 Å². The Hall–Kier alpha value is -2.74. The van der Waals surface area contributed by atoms with Gasteiger partial charge < -0.3 is 25.9 Å². The first-order valence-corrected chi connectivity index (χ1v) is 7.81. The fourth-order valence-corrected chi connectivity index (χ4v) is 1.90. The van der Waals surface area contributed by atoms with Crippen LogP contribution in [0.3, 0.4) is 0 Å². The molecule has 0 aliphatic rings. The Labute approximate surface area is 147 Å². The third-order valence-electron chi connectivity index (χ3n) is 3.13. The van der Waals surface area contributed by atoms with Gasteiger partial charge in [0, 0.05) is 37.7 Å². The molecule has 0 heterocycles. The molecule has 8 nitrogen and oxygen atoms in total. The molecule has 0 aromatic heterocycles. The summed E-state index contributed by atoms with van der Waals surface area (Å²) < 4.78 is 0. The highest BCUT2D eigenvalue weighted by atomic mass is 16.4. The Morgan fingerprint density at radius 1 is 1.20 bits per heavy atom. The molecule has 0 saturated heterocycles. The summed E-state index contributed by atoms with van der Waals surface area (Å²) in [5, 5.41) is 16.8. The van der Waals surface area contributed by atoms with Gasteiger partial charge in [-0.05, 0) is 25.1 Å². The topological polar surface area (TPSA) is 125 Å². The van der Waals surface area contributed by atoms with E-state index in [0.29, 0.717) is 37.1 Å². The number of anilines is 1. The smallest absolute Gasteiger partial charge is 0.322 e. The number of rotatable bonds is 10. The van der Waals surface area contributed by atoms with Crippen molar-refractivity contribution >= 4 is 30.1 Å². The summed E-state index contributed by atoms with van der Waals surface area (Å²) in [6.07, 6.45) is 3.17. The predicted molar refractivity (Wildman–Crippen MR) is 94.7 cm³/mol. The van der Waals surface area contributed by atoms with E-state index >= 15 is 0 Å². The van der Waals surface area contributed by atoms with E-state index in [2.05, 4.69) is 16.0 Å². The molecule has 1 amide bonds. The minimum Gasteiger partial charge on any atom is -0.480 e. The molecule has 138 valence electrons. The second-order valence-corrected chi connectivity index (χ2v) is 5.00. The van der Waals surface area contributed by atoms with Gasteiger partial charge in [-0.1, -0.05) is 12.1 Å². The lowest BCUT2D eigenvalue weighted by Gasteiger charge is -2.12. The van der Waals surface area contributed by atoms with Crippen molar-refractivity contribution in [2.75, 3.05) is 26.0 Å². The third-order valence-corrected chi connectivity index (χ3v) is 3.13. The standard InChI is InChI=1S/C11H14N2O3.C6H11NO2/c1-12-5-9-8(7-14)3-2-4-10(9)13-6-11(15)16;1-7-6(9)4-2-3-5-8/h2-4,7,12-13H,5-6H2,1H3,(H,15,16);5H,2-4H2,1H3,(H,7,9). The van der Waals surface area contributed by atoms with E-state index in [1.165, 1.54) is 0 Å². The maximum atomic E-state index is 10.8. The Morgan fingerprint density at radius 2 is 1.92 bits per heavy atom. The van der Waals surface area contributed by atoms with Gasteiger partial charge in [0.25, 0.3) is 0 Å². The maximum absolute atomic E-state index is 10.8. The number of hydrogen-bond donors (Lipinski definition) is 4. The van der Waals surface area contributed by atoms with Gasteiger partial charge in [0.2, 0.25) is 5.91 Å². The number of benzene rings is 1. The monoisotopic (exact) mass is 351 g/mol. The van der Waals surface area contributed by atoms with Gasteiger partial charge in [-0.15, -0.1) is 0 Å². The zero-order chi connectivity index (χ0) is 19.1. The van der Waals surface area contributed by atoms with E-state index in [1.54, 1.807) is 32.3 Å². The van der Waals surface area contributed by atoms with Gasteiger partial charge in [0.05, 0.1) is 0 Å². The first kappa shape index (κ1) is 22.3. The predicted octanol–water partition coefficient (Wildman–Crippen LogP) is 0.817. The average Bonchev–Trinajstić information content (AvgIpc) is 2.61. The maximum Gasteiger partial charge on any atom is 0.322 e. The number of aliphatic carboxylic acids is 1. The van der Waals surface area contributed by atoms with Crippen molar-refractivity contribution in [1.82, 2.24) is 10.6 Å². The largest absolute Gasteiger partial charge is 0.480 e. The Bertz CT molecular complexity index is 575. The molecule has 8 heteroatoms. The van der Waals surface area contributed by atoms with Crippen LogP contribution in [0.4, 0.5) is 5.69 Å². The van der Waals surface area contributed by atoms with Crippen molar-refractivity contribution in [1.29, 1.82) is 0 Å². The van der Waals surface area contributed by atoms with Crippen molar-refractivity contribution in [3.05, 3.63) is 29.3 Å². The molecule has 1 rings (SSSR count). The van der Waals surface area contributed by atoms with Crippen molar-refractivity contribution in [3.8, 4) is 0 Å². The molecule has 0 radical (unpaired) electrons. The number of amides is 1. The minimum absolute atomic E-state index is 0.00292. The van der Waals surface area contributed by atoms with E-state index in [1.807, 2.05) is 0 Å². The summed E-state index contributed by atoms with van der Waals surface area (Å²) in [4.78, 5) is 41.5. The van der Waals surface area contributed by atoms with Gasteiger partial charge in [-0.3, -0.25) is 14.4 Å². The molecular formula is C17H25N3O5. The van der Waals surface area contributed by atoms with Gasteiger partial charge in [-0.2, -0.15) is 0 Å². The van der Waals surface area contributed by atoms with Crippen LogP contribution < -0.4 is 16.0 Å². The third kappa shape index (κ3) is 9.87. The van der Waals surface area contributed by atoms with Crippen LogP contribution in [0.2, 0.25) is 0 Å². The second kappa shape index (κ2) is 13.7. The Morgan fingerprint density at radius 3 is 2.44 bits per heavy atom. The van der Waals surface area contributed by atoms with Gasteiger partial charge in [0.1, 0.15) is 19.1 Å². The highest BCUT2D eigenvalue weighted by Crippen LogP contribution is 2.18. The summed E-state index contributed by atoms with van der Waals surface area (Å²) in [5.74, 6) is -0.941. The molecule has 25 heavy (non-hydrogen) atoms. The number of carboxylic acid groups (broad SMARTS) is 1. The van der Waals surface area contributed by atoms with Gasteiger partial charge in [0.15, 0.2) is 0 Å². The fourth-order valence-electron chi connectivity index (χ4n) is 1.90. The molecule has 0 saturated carbocycles. The number of nitrogens with one attached hydrogen (secondary N) is 3. The number of unbranched alkanes of at least 4 members (excludes halogenated alkanes) is 1. The van der Waals surface area contributed by atoms with E-state index in [4.69, 9.17) is 5.11 Å². The summed E-state index contributed by atoms with van der Waals surface area (Å²) in [6, 6.07) is 5.17. The van der Waals surface area contributed by atoms with Crippen LogP contribution in [-0.2, 0) is 20.9 Å². The summed E-state index contributed by atoms with van der Waals surface area (Å²) >= 11 is 0.